The number of hydrogen-bond acceptors (Lipinski definition) is 3. The molecule has 0 unspecified atom stereocenters. The fourth-order valence-electron chi connectivity index (χ4n) is 3.95. The van der Waals surface area contributed by atoms with Crippen molar-refractivity contribution in [3.63, 3.8) is 0 Å². The molecule has 0 bridgehead atoms. The Kier molecular flexibility index (Phi) is 5.05. The van der Waals surface area contributed by atoms with Gasteiger partial charge < -0.3 is 9.26 Å². The first-order valence-electron chi connectivity index (χ1n) is 9.52. The zero-order chi connectivity index (χ0) is 17.8. The smallest absolute Gasteiger partial charge is 0.143 e. The summed E-state index contributed by atoms with van der Waals surface area (Å²) in [5.74, 6) is 2.48. The summed E-state index contributed by atoms with van der Waals surface area (Å²) in [6.07, 6.45) is 7.16. The molecule has 1 aliphatic rings. The summed E-state index contributed by atoms with van der Waals surface area (Å²) >= 11 is 0. The second kappa shape index (κ2) is 7.77. The largest absolute Gasteiger partial charge is 0.497 e. The van der Waals surface area contributed by atoms with E-state index in [2.05, 4.69) is 41.6 Å². The van der Waals surface area contributed by atoms with Gasteiger partial charge in [0.15, 0.2) is 0 Å². The molecule has 1 saturated carbocycles. The van der Waals surface area contributed by atoms with Gasteiger partial charge in [0.25, 0.3) is 0 Å². The van der Waals surface area contributed by atoms with Gasteiger partial charge in [0.1, 0.15) is 17.2 Å². The molecule has 0 aliphatic heterocycles. The lowest BCUT2D eigenvalue weighted by Crippen LogP contribution is -2.06. The van der Waals surface area contributed by atoms with Crippen LogP contribution >= 0.6 is 0 Å². The Morgan fingerprint density at radius 3 is 2.38 bits per heavy atom. The molecule has 0 spiro atoms. The molecule has 0 N–H and O–H groups in total. The number of ether oxygens (including phenoxy) is 1. The number of benzene rings is 2. The maximum atomic E-state index is 5.93. The lowest BCUT2D eigenvalue weighted by molar-refractivity contribution is 0.320. The minimum Gasteiger partial charge on any atom is -0.497 e. The van der Waals surface area contributed by atoms with Gasteiger partial charge >= 0.3 is 0 Å². The van der Waals surface area contributed by atoms with E-state index in [0.29, 0.717) is 5.92 Å². The molecular formula is C23H25NO2. The second-order valence-electron chi connectivity index (χ2n) is 7.10. The van der Waals surface area contributed by atoms with Gasteiger partial charge in [-0.25, -0.2) is 0 Å². The average Bonchev–Trinajstić information content (AvgIpc) is 3.13. The van der Waals surface area contributed by atoms with Crippen LogP contribution < -0.4 is 4.74 Å². The van der Waals surface area contributed by atoms with Crippen molar-refractivity contribution in [3.05, 3.63) is 71.5 Å². The van der Waals surface area contributed by atoms with Crippen molar-refractivity contribution in [2.24, 2.45) is 0 Å². The molecule has 0 radical (unpaired) electrons. The maximum absolute atomic E-state index is 5.93. The van der Waals surface area contributed by atoms with Gasteiger partial charge in [0.05, 0.1) is 7.11 Å². The predicted octanol–water partition coefficient (Wildman–Crippen LogP) is 5.99. The van der Waals surface area contributed by atoms with E-state index >= 15 is 0 Å². The van der Waals surface area contributed by atoms with Gasteiger partial charge in [-0.05, 0) is 30.5 Å². The summed E-state index contributed by atoms with van der Waals surface area (Å²) in [5, 5.41) is 4.49. The van der Waals surface area contributed by atoms with E-state index in [1.165, 1.54) is 43.2 Å². The van der Waals surface area contributed by atoms with Crippen LogP contribution in [0.25, 0.3) is 11.3 Å². The van der Waals surface area contributed by atoms with Crippen molar-refractivity contribution >= 4 is 0 Å². The molecule has 3 heteroatoms. The number of rotatable bonds is 5. The van der Waals surface area contributed by atoms with Crippen LogP contribution in [-0.2, 0) is 6.42 Å². The molecule has 0 amide bonds. The Balaban J connectivity index is 1.71. The topological polar surface area (TPSA) is 35.3 Å². The Morgan fingerprint density at radius 1 is 0.962 bits per heavy atom. The second-order valence-corrected chi connectivity index (χ2v) is 7.10. The van der Waals surface area contributed by atoms with Gasteiger partial charge in [0, 0.05) is 23.5 Å². The van der Waals surface area contributed by atoms with E-state index in [1.54, 1.807) is 7.11 Å². The quantitative estimate of drug-likeness (QED) is 0.569. The van der Waals surface area contributed by atoms with Crippen molar-refractivity contribution in [1.29, 1.82) is 0 Å². The Labute approximate surface area is 155 Å². The summed E-state index contributed by atoms with van der Waals surface area (Å²) in [4.78, 5) is 0. The minimum atomic E-state index is 0.502. The fourth-order valence-corrected chi connectivity index (χ4v) is 3.95. The number of methoxy groups -OCH3 is 1. The first-order chi connectivity index (χ1) is 12.8. The highest BCUT2D eigenvalue weighted by atomic mass is 16.5. The molecule has 4 rings (SSSR count). The zero-order valence-corrected chi connectivity index (χ0v) is 15.3. The molecule has 1 aromatic heterocycles. The molecule has 1 aliphatic carbocycles. The third kappa shape index (κ3) is 3.52. The van der Waals surface area contributed by atoms with Gasteiger partial charge in [-0.3, -0.25) is 0 Å². The first kappa shape index (κ1) is 16.9. The predicted molar refractivity (Wildman–Crippen MR) is 104 cm³/mol. The average molecular weight is 347 g/mol. The highest BCUT2D eigenvalue weighted by Crippen LogP contribution is 2.38. The molecule has 0 atom stereocenters. The lowest BCUT2D eigenvalue weighted by Gasteiger charge is -2.20. The van der Waals surface area contributed by atoms with Crippen molar-refractivity contribution in [2.45, 2.75) is 44.4 Å². The Bertz CT molecular complexity index is 830. The van der Waals surface area contributed by atoms with Gasteiger partial charge in [-0.15, -0.1) is 0 Å². The third-order valence-electron chi connectivity index (χ3n) is 5.38. The molecular weight excluding hydrogens is 322 g/mol. The van der Waals surface area contributed by atoms with Gasteiger partial charge in [-0.1, -0.05) is 66.9 Å². The van der Waals surface area contributed by atoms with E-state index in [0.717, 1.165) is 29.2 Å². The van der Waals surface area contributed by atoms with Crippen molar-refractivity contribution in [2.75, 3.05) is 7.11 Å². The van der Waals surface area contributed by atoms with Crippen molar-refractivity contribution in [1.82, 2.24) is 5.16 Å². The normalized spacial score (nSPS) is 15.1. The van der Waals surface area contributed by atoms with Crippen LogP contribution in [0.1, 0.15) is 54.9 Å². The highest BCUT2D eigenvalue weighted by molar-refractivity contribution is 5.64. The third-order valence-corrected chi connectivity index (χ3v) is 5.38. The molecule has 0 saturated heterocycles. The van der Waals surface area contributed by atoms with Crippen LogP contribution in [0.15, 0.2) is 59.1 Å². The van der Waals surface area contributed by atoms with Crippen LogP contribution in [0.5, 0.6) is 5.75 Å². The van der Waals surface area contributed by atoms with E-state index in [1.807, 2.05) is 18.2 Å². The molecule has 3 aromatic rings. The van der Waals surface area contributed by atoms with Crippen molar-refractivity contribution in [3.8, 4) is 17.0 Å². The van der Waals surface area contributed by atoms with Crippen molar-refractivity contribution < 1.29 is 9.26 Å². The van der Waals surface area contributed by atoms with Crippen LogP contribution in [-0.4, -0.2) is 12.3 Å². The van der Waals surface area contributed by atoms with Crippen LogP contribution in [0.2, 0.25) is 0 Å². The Morgan fingerprint density at radius 2 is 1.69 bits per heavy atom. The number of hydrogen-bond donors (Lipinski definition) is 0. The minimum absolute atomic E-state index is 0.502. The molecule has 1 fully saturated rings. The van der Waals surface area contributed by atoms with E-state index < -0.39 is 0 Å². The standard InChI is InChI=1S/C23H25NO2/c1-25-20-14-12-17(13-15-20)16-21-22(18-8-4-2-5-9-18)24-26-23(21)19-10-6-3-7-11-19/h2,4-5,8-9,12-15,19H,3,6-7,10-11,16H2,1H3. The number of nitrogens with zero attached hydrogens (tertiary/aromatic N) is 1. The van der Waals surface area contributed by atoms with Crippen LogP contribution in [0.4, 0.5) is 0 Å². The summed E-state index contributed by atoms with van der Waals surface area (Å²) in [6, 6.07) is 18.7. The summed E-state index contributed by atoms with van der Waals surface area (Å²) in [7, 11) is 1.70. The highest BCUT2D eigenvalue weighted by Gasteiger charge is 2.26. The fraction of sp³-hybridized carbons (Fsp3) is 0.348. The Hall–Kier alpha value is -2.55. The monoisotopic (exact) mass is 347 g/mol. The summed E-state index contributed by atoms with van der Waals surface area (Å²) in [5.41, 5.74) is 4.61. The first-order valence-corrected chi connectivity index (χ1v) is 9.52. The number of aromatic nitrogens is 1. The summed E-state index contributed by atoms with van der Waals surface area (Å²) in [6.45, 7) is 0. The molecule has 26 heavy (non-hydrogen) atoms. The van der Waals surface area contributed by atoms with Gasteiger partial charge in [-0.2, -0.15) is 0 Å². The lowest BCUT2D eigenvalue weighted by atomic mass is 9.84. The van der Waals surface area contributed by atoms with E-state index in [-0.39, 0.29) is 0 Å². The molecule has 3 nitrogen and oxygen atoms in total. The molecule has 2 aromatic carbocycles. The zero-order valence-electron chi connectivity index (χ0n) is 15.3. The van der Waals surface area contributed by atoms with E-state index in [9.17, 15) is 0 Å². The van der Waals surface area contributed by atoms with Gasteiger partial charge in [0.2, 0.25) is 0 Å². The van der Waals surface area contributed by atoms with Crippen LogP contribution in [0.3, 0.4) is 0 Å². The molecule has 1 heterocycles. The SMILES string of the molecule is COc1ccc(Cc2c(-c3ccccc3)noc2C2CCCCC2)cc1. The summed E-state index contributed by atoms with van der Waals surface area (Å²) < 4.78 is 11.2. The molecule has 134 valence electrons. The van der Waals surface area contributed by atoms with E-state index in [4.69, 9.17) is 9.26 Å². The maximum Gasteiger partial charge on any atom is 0.143 e. The van der Waals surface area contributed by atoms with Crippen LogP contribution in [0, 0.1) is 0 Å².